The number of alkyl halides is 3. The van der Waals surface area contributed by atoms with Gasteiger partial charge in [-0.1, -0.05) is 12.5 Å². The summed E-state index contributed by atoms with van der Waals surface area (Å²) in [5, 5.41) is 11.8. The summed E-state index contributed by atoms with van der Waals surface area (Å²) in [6.07, 6.45) is -2.37. The zero-order chi connectivity index (χ0) is 18.6. The van der Waals surface area contributed by atoms with Crippen molar-refractivity contribution in [1.29, 1.82) is 0 Å². The molecule has 1 aromatic rings. The van der Waals surface area contributed by atoms with Crippen molar-refractivity contribution in [3.8, 4) is 5.75 Å². The highest BCUT2D eigenvalue weighted by Crippen LogP contribution is 2.32. The van der Waals surface area contributed by atoms with E-state index in [9.17, 15) is 22.8 Å². The zero-order valence-corrected chi connectivity index (χ0v) is 13.7. The Morgan fingerprint density at radius 3 is 2.60 bits per heavy atom. The molecule has 1 saturated carbocycles. The molecule has 0 aliphatic heterocycles. The molecule has 8 heteroatoms. The van der Waals surface area contributed by atoms with Crippen LogP contribution in [0, 0.1) is 18.8 Å². The largest absolute Gasteiger partial charge is 0.484 e. The van der Waals surface area contributed by atoms with Gasteiger partial charge in [0.15, 0.2) is 6.61 Å². The molecule has 138 valence electrons. The van der Waals surface area contributed by atoms with E-state index in [-0.39, 0.29) is 18.1 Å². The molecule has 1 aromatic carbocycles. The summed E-state index contributed by atoms with van der Waals surface area (Å²) in [7, 11) is 0. The highest BCUT2D eigenvalue weighted by atomic mass is 19.4. The fourth-order valence-corrected chi connectivity index (χ4v) is 2.95. The van der Waals surface area contributed by atoms with Gasteiger partial charge in [-0.25, -0.2) is 0 Å². The van der Waals surface area contributed by atoms with Crippen LogP contribution in [0.15, 0.2) is 18.2 Å². The van der Waals surface area contributed by atoms with Crippen molar-refractivity contribution in [2.75, 3.05) is 11.9 Å². The fraction of sp³-hybridized carbons (Fsp3) is 0.529. The van der Waals surface area contributed by atoms with Crippen LogP contribution in [0.25, 0.3) is 0 Å². The van der Waals surface area contributed by atoms with Crippen LogP contribution >= 0.6 is 0 Å². The van der Waals surface area contributed by atoms with Crippen molar-refractivity contribution in [2.24, 2.45) is 11.8 Å². The van der Waals surface area contributed by atoms with E-state index < -0.39 is 30.6 Å². The number of hydrogen-bond donors (Lipinski definition) is 2. The van der Waals surface area contributed by atoms with E-state index in [0.717, 1.165) is 0 Å². The van der Waals surface area contributed by atoms with Crippen LogP contribution in [-0.2, 0) is 9.59 Å². The number of amides is 1. The molecule has 25 heavy (non-hydrogen) atoms. The minimum Gasteiger partial charge on any atom is -0.484 e. The van der Waals surface area contributed by atoms with Crippen molar-refractivity contribution in [1.82, 2.24) is 0 Å². The van der Waals surface area contributed by atoms with Gasteiger partial charge in [0, 0.05) is 17.2 Å². The Labute approximate surface area is 143 Å². The first-order valence-electron chi connectivity index (χ1n) is 8.00. The number of halogens is 3. The monoisotopic (exact) mass is 359 g/mol. The lowest BCUT2D eigenvalue weighted by molar-refractivity contribution is -0.153. The number of carboxylic acids is 1. The minimum atomic E-state index is -4.44. The zero-order valence-electron chi connectivity index (χ0n) is 13.7. The molecule has 0 heterocycles. The Morgan fingerprint density at radius 2 is 1.96 bits per heavy atom. The van der Waals surface area contributed by atoms with Crippen LogP contribution in [0.3, 0.4) is 0 Å². The Bertz CT molecular complexity index is 645. The number of carbonyl (C=O) groups is 2. The number of nitrogens with one attached hydrogen (secondary N) is 1. The Hall–Kier alpha value is -2.25. The number of anilines is 1. The van der Waals surface area contributed by atoms with Gasteiger partial charge < -0.3 is 15.2 Å². The summed E-state index contributed by atoms with van der Waals surface area (Å²) < 4.78 is 41.6. The summed E-state index contributed by atoms with van der Waals surface area (Å²) in [6.45, 7) is 0.149. The van der Waals surface area contributed by atoms with E-state index in [4.69, 9.17) is 9.84 Å². The predicted molar refractivity (Wildman–Crippen MR) is 84.4 cm³/mol. The van der Waals surface area contributed by atoms with Gasteiger partial charge in [0.25, 0.3) is 0 Å². The molecule has 2 unspecified atom stereocenters. The molecule has 1 fully saturated rings. The number of hydrogen-bond acceptors (Lipinski definition) is 3. The first kappa shape index (κ1) is 19.1. The summed E-state index contributed by atoms with van der Waals surface area (Å²) in [4.78, 5) is 23.5. The first-order chi connectivity index (χ1) is 11.7. The lowest BCUT2D eigenvalue weighted by Gasteiger charge is -2.26. The SMILES string of the molecule is Cc1c(NC(=O)C2CCCC(C(=O)O)C2)cccc1OCC(F)(F)F. The molecule has 1 amide bonds. The molecule has 2 N–H and O–H groups in total. The second-order valence-corrected chi connectivity index (χ2v) is 6.22. The van der Waals surface area contributed by atoms with Gasteiger partial charge in [-0.2, -0.15) is 13.2 Å². The minimum absolute atomic E-state index is 0.0437. The molecular weight excluding hydrogens is 339 g/mol. The van der Waals surface area contributed by atoms with E-state index >= 15 is 0 Å². The van der Waals surface area contributed by atoms with Crippen LogP contribution in [0.1, 0.15) is 31.2 Å². The van der Waals surface area contributed by atoms with Gasteiger partial charge in [0.1, 0.15) is 5.75 Å². The molecule has 0 spiro atoms. The third-order valence-corrected chi connectivity index (χ3v) is 4.33. The number of carbonyl (C=O) groups excluding carboxylic acids is 1. The summed E-state index contributed by atoms with van der Waals surface area (Å²) in [6, 6.07) is 4.47. The van der Waals surface area contributed by atoms with Crippen LogP contribution < -0.4 is 10.1 Å². The maximum atomic E-state index is 12.4. The molecule has 0 bridgehead atoms. The van der Waals surface area contributed by atoms with Crippen molar-refractivity contribution >= 4 is 17.6 Å². The molecule has 1 aliphatic carbocycles. The summed E-state index contributed by atoms with van der Waals surface area (Å²) in [5.74, 6) is -2.14. The standard InChI is InChI=1S/C17H20F3NO4/c1-10-13(6-3-7-14(10)25-9-17(18,19)20)21-15(22)11-4-2-5-12(8-11)16(23)24/h3,6-7,11-12H,2,4-5,8-9H2,1H3,(H,21,22)(H,23,24). The van der Waals surface area contributed by atoms with Gasteiger partial charge >= 0.3 is 12.1 Å². The van der Waals surface area contributed by atoms with Crippen LogP contribution in [0.2, 0.25) is 0 Å². The Balaban J connectivity index is 2.04. The maximum Gasteiger partial charge on any atom is 0.422 e. The van der Waals surface area contributed by atoms with Crippen LogP contribution in [0.4, 0.5) is 18.9 Å². The highest BCUT2D eigenvalue weighted by molar-refractivity contribution is 5.94. The average molecular weight is 359 g/mol. The van der Waals surface area contributed by atoms with Crippen LogP contribution in [-0.4, -0.2) is 29.8 Å². The molecule has 0 saturated heterocycles. The number of ether oxygens (including phenoxy) is 1. The first-order valence-corrected chi connectivity index (χ1v) is 8.00. The Morgan fingerprint density at radius 1 is 1.28 bits per heavy atom. The molecule has 0 aromatic heterocycles. The lowest BCUT2D eigenvalue weighted by Crippen LogP contribution is -2.31. The Kier molecular flexibility index (Phi) is 5.92. The number of aliphatic carboxylic acids is 1. The smallest absolute Gasteiger partial charge is 0.422 e. The second-order valence-electron chi connectivity index (χ2n) is 6.22. The van der Waals surface area contributed by atoms with Gasteiger partial charge in [-0.3, -0.25) is 9.59 Å². The van der Waals surface area contributed by atoms with Crippen molar-refractivity contribution in [2.45, 2.75) is 38.8 Å². The number of rotatable bonds is 5. The maximum absolute atomic E-state index is 12.4. The van der Waals surface area contributed by atoms with Gasteiger partial charge in [0.2, 0.25) is 5.91 Å². The van der Waals surface area contributed by atoms with Gasteiger partial charge in [-0.15, -0.1) is 0 Å². The highest BCUT2D eigenvalue weighted by Gasteiger charge is 2.31. The topological polar surface area (TPSA) is 75.6 Å². The lowest BCUT2D eigenvalue weighted by atomic mass is 9.81. The third-order valence-electron chi connectivity index (χ3n) is 4.33. The normalized spacial score (nSPS) is 20.8. The van der Waals surface area contributed by atoms with Crippen molar-refractivity contribution in [3.05, 3.63) is 23.8 Å². The fourth-order valence-electron chi connectivity index (χ4n) is 2.95. The molecular formula is C17H20F3NO4. The summed E-state index contributed by atoms with van der Waals surface area (Å²) in [5.41, 5.74) is 0.757. The average Bonchev–Trinajstić information content (AvgIpc) is 2.55. The third kappa shape index (κ3) is 5.37. The quantitative estimate of drug-likeness (QED) is 0.839. The van der Waals surface area contributed by atoms with E-state index in [0.29, 0.717) is 30.5 Å². The second kappa shape index (κ2) is 7.76. The molecule has 5 nitrogen and oxygen atoms in total. The van der Waals surface area contributed by atoms with E-state index in [2.05, 4.69) is 5.32 Å². The van der Waals surface area contributed by atoms with E-state index in [1.807, 2.05) is 0 Å². The number of carboxylic acid groups (broad SMARTS) is 1. The van der Waals surface area contributed by atoms with Crippen LogP contribution in [0.5, 0.6) is 5.75 Å². The molecule has 1 aliphatic rings. The molecule has 2 rings (SSSR count). The summed E-state index contributed by atoms with van der Waals surface area (Å²) >= 11 is 0. The van der Waals surface area contributed by atoms with Crippen molar-refractivity contribution < 1.29 is 32.6 Å². The van der Waals surface area contributed by atoms with Crippen molar-refractivity contribution in [3.63, 3.8) is 0 Å². The number of benzene rings is 1. The van der Waals surface area contributed by atoms with Gasteiger partial charge in [-0.05, 0) is 38.3 Å². The predicted octanol–water partition coefficient (Wildman–Crippen LogP) is 3.77. The van der Waals surface area contributed by atoms with E-state index in [1.165, 1.54) is 12.1 Å². The van der Waals surface area contributed by atoms with Gasteiger partial charge in [0.05, 0.1) is 5.92 Å². The molecule has 2 atom stereocenters. The molecule has 0 radical (unpaired) electrons. The van der Waals surface area contributed by atoms with E-state index in [1.54, 1.807) is 13.0 Å².